The van der Waals surface area contributed by atoms with Gasteiger partial charge in [-0.15, -0.1) is 0 Å². The van der Waals surface area contributed by atoms with E-state index in [1.54, 1.807) is 6.33 Å². The molecule has 2 N–H and O–H groups in total. The predicted molar refractivity (Wildman–Crippen MR) is 74.9 cm³/mol. The van der Waals surface area contributed by atoms with Gasteiger partial charge in [-0.3, -0.25) is 0 Å². The van der Waals surface area contributed by atoms with E-state index >= 15 is 0 Å². The topological polar surface area (TPSA) is 58.3 Å². The zero-order chi connectivity index (χ0) is 13.1. The van der Waals surface area contributed by atoms with E-state index < -0.39 is 0 Å². The molecule has 1 atom stereocenters. The van der Waals surface area contributed by atoms with Crippen LogP contribution in [-0.2, 0) is 0 Å². The molecular formula is C13H23N5. The van der Waals surface area contributed by atoms with Gasteiger partial charge < -0.3 is 15.5 Å². The largest absolute Gasteiger partial charge is 0.359 e. The molecule has 1 aromatic rings. The van der Waals surface area contributed by atoms with E-state index in [4.69, 9.17) is 5.73 Å². The summed E-state index contributed by atoms with van der Waals surface area (Å²) in [5.74, 6) is 2.59. The fourth-order valence-electron chi connectivity index (χ4n) is 2.36. The Hall–Kier alpha value is -1.36. The molecule has 0 saturated carbocycles. The van der Waals surface area contributed by atoms with Crippen LogP contribution in [0.4, 0.5) is 11.6 Å². The first kappa shape index (κ1) is 13.1. The molecule has 2 heterocycles. The van der Waals surface area contributed by atoms with Crippen molar-refractivity contribution in [2.24, 2.45) is 11.7 Å². The number of anilines is 2. The number of aromatic nitrogens is 2. The Balaban J connectivity index is 2.09. The molecule has 1 unspecified atom stereocenters. The predicted octanol–water partition coefficient (Wildman–Crippen LogP) is 1.11. The van der Waals surface area contributed by atoms with Crippen LogP contribution in [-0.4, -0.2) is 42.7 Å². The fourth-order valence-corrected chi connectivity index (χ4v) is 2.36. The number of rotatable bonds is 4. The third-order valence-electron chi connectivity index (χ3n) is 3.22. The van der Waals surface area contributed by atoms with Crippen LogP contribution in [0.2, 0.25) is 0 Å². The molecule has 0 aromatic carbocycles. The van der Waals surface area contributed by atoms with Gasteiger partial charge >= 0.3 is 0 Å². The monoisotopic (exact) mass is 249 g/mol. The minimum Gasteiger partial charge on any atom is -0.359 e. The quantitative estimate of drug-likeness (QED) is 0.866. The average molecular weight is 249 g/mol. The van der Waals surface area contributed by atoms with Crippen molar-refractivity contribution >= 4 is 11.6 Å². The van der Waals surface area contributed by atoms with E-state index in [2.05, 4.69) is 46.7 Å². The molecular weight excluding hydrogens is 226 g/mol. The van der Waals surface area contributed by atoms with Crippen LogP contribution in [0.3, 0.4) is 0 Å². The normalized spacial score (nSPS) is 19.6. The smallest absolute Gasteiger partial charge is 0.134 e. The highest BCUT2D eigenvalue weighted by Crippen LogP contribution is 2.20. The van der Waals surface area contributed by atoms with Gasteiger partial charge in [0.15, 0.2) is 0 Å². The van der Waals surface area contributed by atoms with Crippen molar-refractivity contribution in [1.82, 2.24) is 9.97 Å². The van der Waals surface area contributed by atoms with Gasteiger partial charge in [0.25, 0.3) is 0 Å². The molecule has 0 bridgehead atoms. The van der Waals surface area contributed by atoms with Crippen molar-refractivity contribution < 1.29 is 0 Å². The third kappa shape index (κ3) is 3.10. The molecule has 5 nitrogen and oxygen atoms in total. The van der Waals surface area contributed by atoms with E-state index in [-0.39, 0.29) is 6.04 Å². The molecule has 1 fully saturated rings. The lowest BCUT2D eigenvalue weighted by atomic mass is 10.2. The van der Waals surface area contributed by atoms with Gasteiger partial charge in [-0.1, -0.05) is 13.8 Å². The highest BCUT2D eigenvalue weighted by molar-refractivity contribution is 5.50. The maximum atomic E-state index is 5.93. The second-order valence-corrected chi connectivity index (χ2v) is 5.50. The third-order valence-corrected chi connectivity index (χ3v) is 3.22. The van der Waals surface area contributed by atoms with Gasteiger partial charge in [0.2, 0.25) is 0 Å². The van der Waals surface area contributed by atoms with Crippen molar-refractivity contribution in [1.29, 1.82) is 0 Å². The fraction of sp³-hybridized carbons (Fsp3) is 0.692. The SMILES string of the molecule is CC(C)CN(C)c1cc(N2CCC(N)C2)ncn1. The lowest BCUT2D eigenvalue weighted by Gasteiger charge is -2.22. The Kier molecular flexibility index (Phi) is 4.01. The van der Waals surface area contributed by atoms with Gasteiger partial charge in [0.1, 0.15) is 18.0 Å². The first-order chi connectivity index (χ1) is 8.56. The first-order valence-corrected chi connectivity index (χ1v) is 6.60. The summed E-state index contributed by atoms with van der Waals surface area (Å²) in [6, 6.07) is 2.33. The summed E-state index contributed by atoms with van der Waals surface area (Å²) in [7, 11) is 2.07. The minimum atomic E-state index is 0.275. The van der Waals surface area contributed by atoms with Crippen LogP contribution >= 0.6 is 0 Å². The summed E-state index contributed by atoms with van der Waals surface area (Å²) >= 11 is 0. The number of hydrogen-bond acceptors (Lipinski definition) is 5. The van der Waals surface area contributed by atoms with E-state index in [9.17, 15) is 0 Å². The van der Waals surface area contributed by atoms with E-state index in [0.717, 1.165) is 37.7 Å². The van der Waals surface area contributed by atoms with Gasteiger partial charge in [-0.2, -0.15) is 0 Å². The first-order valence-electron chi connectivity index (χ1n) is 6.60. The Labute approximate surface area is 109 Å². The summed E-state index contributed by atoms with van der Waals surface area (Å²) in [6.07, 6.45) is 2.69. The molecule has 5 heteroatoms. The molecule has 1 saturated heterocycles. The Bertz CT molecular complexity index is 393. The van der Waals surface area contributed by atoms with E-state index in [0.29, 0.717) is 5.92 Å². The van der Waals surface area contributed by atoms with E-state index in [1.807, 2.05) is 0 Å². The number of hydrogen-bond donors (Lipinski definition) is 1. The van der Waals surface area contributed by atoms with Crippen LogP contribution in [0.15, 0.2) is 12.4 Å². The molecule has 1 aromatic heterocycles. The Morgan fingerprint density at radius 2 is 2.28 bits per heavy atom. The van der Waals surface area contributed by atoms with Gasteiger partial charge in [-0.25, -0.2) is 9.97 Å². The van der Waals surface area contributed by atoms with Crippen molar-refractivity contribution in [3.63, 3.8) is 0 Å². The standard InChI is InChI=1S/C13H23N5/c1-10(2)7-17(3)12-6-13(16-9-15-12)18-5-4-11(14)8-18/h6,9-11H,4-5,7-8,14H2,1-3H3. The molecule has 18 heavy (non-hydrogen) atoms. The molecule has 2 rings (SSSR count). The van der Waals surface area contributed by atoms with Gasteiger partial charge in [0.05, 0.1) is 0 Å². The van der Waals surface area contributed by atoms with Crippen molar-refractivity contribution in [3.05, 3.63) is 12.4 Å². The van der Waals surface area contributed by atoms with Gasteiger partial charge in [0, 0.05) is 38.8 Å². The summed E-state index contributed by atoms with van der Waals surface area (Å²) in [5.41, 5.74) is 5.93. The maximum absolute atomic E-state index is 5.93. The van der Waals surface area contributed by atoms with Crippen LogP contribution < -0.4 is 15.5 Å². The van der Waals surface area contributed by atoms with Crippen molar-refractivity contribution in [2.75, 3.05) is 36.5 Å². The van der Waals surface area contributed by atoms with E-state index in [1.165, 1.54) is 0 Å². The maximum Gasteiger partial charge on any atom is 0.134 e. The average Bonchev–Trinajstić information content (AvgIpc) is 2.75. The molecule has 100 valence electrons. The van der Waals surface area contributed by atoms with Crippen LogP contribution in [0.25, 0.3) is 0 Å². The molecule has 0 spiro atoms. The zero-order valence-electron chi connectivity index (χ0n) is 11.5. The van der Waals surface area contributed by atoms with Crippen molar-refractivity contribution in [2.45, 2.75) is 26.3 Å². The molecule has 0 radical (unpaired) electrons. The highest BCUT2D eigenvalue weighted by atomic mass is 15.2. The van der Waals surface area contributed by atoms with Crippen LogP contribution in [0.1, 0.15) is 20.3 Å². The Morgan fingerprint density at radius 1 is 1.50 bits per heavy atom. The van der Waals surface area contributed by atoms with Crippen LogP contribution in [0.5, 0.6) is 0 Å². The summed E-state index contributed by atoms with van der Waals surface area (Å²) in [6.45, 7) is 7.29. The van der Waals surface area contributed by atoms with Crippen LogP contribution in [0, 0.1) is 5.92 Å². The second kappa shape index (κ2) is 5.52. The highest BCUT2D eigenvalue weighted by Gasteiger charge is 2.20. The van der Waals surface area contributed by atoms with Gasteiger partial charge in [-0.05, 0) is 12.3 Å². The molecule has 0 aliphatic carbocycles. The zero-order valence-corrected chi connectivity index (χ0v) is 11.5. The Morgan fingerprint density at radius 3 is 2.89 bits per heavy atom. The summed E-state index contributed by atoms with van der Waals surface area (Å²) in [5, 5.41) is 0. The minimum absolute atomic E-state index is 0.275. The second-order valence-electron chi connectivity index (χ2n) is 5.50. The number of nitrogens with two attached hydrogens (primary N) is 1. The van der Waals surface area contributed by atoms with Crippen molar-refractivity contribution in [3.8, 4) is 0 Å². The lowest BCUT2D eigenvalue weighted by Crippen LogP contribution is -2.28. The number of nitrogens with zero attached hydrogens (tertiary/aromatic N) is 4. The molecule has 1 aliphatic heterocycles. The molecule has 0 amide bonds. The summed E-state index contributed by atoms with van der Waals surface area (Å²) < 4.78 is 0. The molecule has 1 aliphatic rings. The summed E-state index contributed by atoms with van der Waals surface area (Å²) in [4.78, 5) is 13.1. The lowest BCUT2D eigenvalue weighted by molar-refractivity contribution is 0.634.